The van der Waals surface area contributed by atoms with Crippen LogP contribution < -0.4 is 10.6 Å². The number of nitrogens with zero attached hydrogens (tertiary/aromatic N) is 1. The highest BCUT2D eigenvalue weighted by Gasteiger charge is 2.36. The fourth-order valence-electron chi connectivity index (χ4n) is 3.17. The van der Waals surface area contributed by atoms with E-state index in [0.29, 0.717) is 13.0 Å². The summed E-state index contributed by atoms with van der Waals surface area (Å²) in [5.41, 5.74) is -0.452. The maximum atomic E-state index is 12.6. The van der Waals surface area contributed by atoms with E-state index in [0.717, 1.165) is 5.56 Å². The van der Waals surface area contributed by atoms with E-state index < -0.39 is 41.6 Å². The number of amides is 3. The summed E-state index contributed by atoms with van der Waals surface area (Å²) in [6, 6.07) is 8.37. The highest BCUT2D eigenvalue weighted by atomic mass is 16.6. The molecule has 1 heterocycles. The molecule has 3 amide bonds. The molecule has 1 aliphatic rings. The normalized spacial score (nSPS) is 19.0. The number of hydrogen-bond donors (Lipinski definition) is 2. The molecule has 178 valence electrons. The predicted molar refractivity (Wildman–Crippen MR) is 119 cm³/mol. The van der Waals surface area contributed by atoms with Gasteiger partial charge in [0, 0.05) is 13.1 Å². The summed E-state index contributed by atoms with van der Waals surface area (Å²) in [6.07, 6.45) is -1.28. The number of ether oxygens (including phenoxy) is 3. The van der Waals surface area contributed by atoms with Gasteiger partial charge in [-0.1, -0.05) is 30.3 Å². The molecule has 0 aromatic heterocycles. The number of piperidine rings is 1. The second-order valence-electron chi connectivity index (χ2n) is 9.78. The maximum absolute atomic E-state index is 12.6. The van der Waals surface area contributed by atoms with Gasteiger partial charge in [-0.15, -0.1) is 0 Å². The van der Waals surface area contributed by atoms with Gasteiger partial charge in [-0.3, -0.25) is 0 Å². The summed E-state index contributed by atoms with van der Waals surface area (Å²) >= 11 is 0. The lowest BCUT2D eigenvalue weighted by Crippen LogP contribution is -2.62. The second kappa shape index (κ2) is 10.6. The van der Waals surface area contributed by atoms with E-state index in [-0.39, 0.29) is 13.2 Å². The van der Waals surface area contributed by atoms with Crippen LogP contribution >= 0.6 is 0 Å². The number of hydrogen-bond acceptors (Lipinski definition) is 6. The molecule has 0 saturated carbocycles. The van der Waals surface area contributed by atoms with Crippen LogP contribution in [0.4, 0.5) is 14.4 Å². The lowest BCUT2D eigenvalue weighted by atomic mass is 9.99. The topological polar surface area (TPSA) is 106 Å². The Kier molecular flexibility index (Phi) is 8.35. The van der Waals surface area contributed by atoms with E-state index in [1.807, 2.05) is 30.3 Å². The van der Waals surface area contributed by atoms with Gasteiger partial charge >= 0.3 is 18.3 Å². The number of rotatable bonds is 4. The summed E-state index contributed by atoms with van der Waals surface area (Å²) in [4.78, 5) is 38.7. The van der Waals surface area contributed by atoms with E-state index in [1.54, 1.807) is 41.5 Å². The van der Waals surface area contributed by atoms with Crippen molar-refractivity contribution < 1.29 is 28.6 Å². The number of carbonyl (C=O) groups excluding carboxylic acids is 3. The Balaban J connectivity index is 2.02. The van der Waals surface area contributed by atoms with Gasteiger partial charge in [0.15, 0.2) is 0 Å². The Bertz CT molecular complexity index is 785. The van der Waals surface area contributed by atoms with Crippen molar-refractivity contribution in [3.63, 3.8) is 0 Å². The van der Waals surface area contributed by atoms with Crippen LogP contribution in [-0.2, 0) is 20.8 Å². The van der Waals surface area contributed by atoms with E-state index in [1.165, 1.54) is 4.90 Å². The molecule has 0 spiro atoms. The van der Waals surface area contributed by atoms with Crippen molar-refractivity contribution in [1.82, 2.24) is 15.5 Å². The van der Waals surface area contributed by atoms with Gasteiger partial charge in [-0.25, -0.2) is 14.4 Å². The third-order valence-electron chi connectivity index (χ3n) is 4.48. The van der Waals surface area contributed by atoms with Gasteiger partial charge in [0.25, 0.3) is 0 Å². The number of alkyl carbamates (subject to hydrolysis) is 2. The minimum absolute atomic E-state index is 0.153. The molecule has 9 heteroatoms. The molecule has 9 nitrogen and oxygen atoms in total. The quantitative estimate of drug-likeness (QED) is 0.677. The molecule has 2 unspecified atom stereocenters. The first-order valence-corrected chi connectivity index (χ1v) is 10.8. The Morgan fingerprint density at radius 1 is 0.906 bits per heavy atom. The average molecular weight is 450 g/mol. The van der Waals surface area contributed by atoms with Crippen molar-refractivity contribution in [3.05, 3.63) is 35.9 Å². The number of nitrogens with one attached hydrogen (secondary N) is 2. The predicted octanol–water partition coefficient (Wildman–Crippen LogP) is 3.82. The first-order chi connectivity index (χ1) is 14.8. The average Bonchev–Trinajstić information content (AvgIpc) is 2.65. The molecule has 1 aromatic carbocycles. The molecule has 0 bridgehead atoms. The van der Waals surface area contributed by atoms with Gasteiger partial charge < -0.3 is 29.7 Å². The summed E-state index contributed by atoms with van der Waals surface area (Å²) in [5.74, 6) is 0. The largest absolute Gasteiger partial charge is 0.445 e. The second-order valence-corrected chi connectivity index (χ2v) is 9.78. The molecular weight excluding hydrogens is 414 g/mol. The maximum Gasteiger partial charge on any atom is 0.410 e. The number of carbonyl (C=O) groups is 3. The van der Waals surface area contributed by atoms with E-state index in [9.17, 15) is 14.4 Å². The molecule has 32 heavy (non-hydrogen) atoms. The molecule has 2 rings (SSSR count). The Morgan fingerprint density at radius 2 is 1.44 bits per heavy atom. The van der Waals surface area contributed by atoms with Crippen molar-refractivity contribution in [2.24, 2.45) is 0 Å². The monoisotopic (exact) mass is 449 g/mol. The van der Waals surface area contributed by atoms with E-state index in [4.69, 9.17) is 14.2 Å². The van der Waals surface area contributed by atoms with E-state index in [2.05, 4.69) is 10.6 Å². The summed E-state index contributed by atoms with van der Waals surface area (Å²) < 4.78 is 16.1. The SMILES string of the molecule is CC(C)(C)OC(=O)NC1CCN(C(=O)OCc2ccccc2)CC1NC(=O)OC(C)(C)C. The highest BCUT2D eigenvalue weighted by Crippen LogP contribution is 2.16. The van der Waals surface area contributed by atoms with Crippen molar-refractivity contribution in [1.29, 1.82) is 0 Å². The highest BCUT2D eigenvalue weighted by molar-refractivity contribution is 5.71. The molecule has 0 aliphatic carbocycles. The van der Waals surface area contributed by atoms with E-state index >= 15 is 0 Å². The van der Waals surface area contributed by atoms with Gasteiger partial charge in [0.2, 0.25) is 0 Å². The lowest BCUT2D eigenvalue weighted by molar-refractivity contribution is 0.0343. The summed E-state index contributed by atoms with van der Waals surface area (Å²) in [7, 11) is 0. The fourth-order valence-corrected chi connectivity index (χ4v) is 3.17. The zero-order valence-electron chi connectivity index (χ0n) is 19.8. The molecule has 1 aliphatic heterocycles. The van der Waals surface area contributed by atoms with Gasteiger partial charge in [0.05, 0.1) is 12.1 Å². The van der Waals surface area contributed by atoms with Crippen molar-refractivity contribution >= 4 is 18.3 Å². The molecule has 0 radical (unpaired) electrons. The van der Waals surface area contributed by atoms with Crippen molar-refractivity contribution in [2.75, 3.05) is 13.1 Å². The Labute approximate surface area is 189 Å². The van der Waals surface area contributed by atoms with Crippen LogP contribution in [0.5, 0.6) is 0 Å². The van der Waals surface area contributed by atoms with Gasteiger partial charge in [0.1, 0.15) is 17.8 Å². The third-order valence-corrected chi connectivity index (χ3v) is 4.48. The number of benzene rings is 1. The van der Waals surface area contributed by atoms with Crippen LogP contribution in [-0.4, -0.2) is 59.6 Å². The first kappa shape index (κ1) is 25.3. The van der Waals surface area contributed by atoms with Crippen LogP contribution in [0.25, 0.3) is 0 Å². The molecule has 1 fully saturated rings. The minimum atomic E-state index is -0.679. The molecule has 1 saturated heterocycles. The Hall–Kier alpha value is -2.97. The first-order valence-electron chi connectivity index (χ1n) is 10.8. The minimum Gasteiger partial charge on any atom is -0.445 e. The summed E-state index contributed by atoms with van der Waals surface area (Å²) in [5, 5.41) is 5.57. The van der Waals surface area contributed by atoms with Gasteiger partial charge in [-0.2, -0.15) is 0 Å². The Morgan fingerprint density at radius 3 is 1.97 bits per heavy atom. The van der Waals surface area contributed by atoms with Crippen LogP contribution in [0.1, 0.15) is 53.5 Å². The van der Waals surface area contributed by atoms with Crippen LogP contribution in [0.15, 0.2) is 30.3 Å². The molecule has 1 aromatic rings. The fraction of sp³-hybridized carbons (Fsp3) is 0.609. The molecular formula is C23H35N3O6. The molecule has 2 atom stereocenters. The standard InChI is InChI=1S/C23H35N3O6/c1-22(2,3)31-19(27)24-17-12-13-26(14-18(17)25-20(28)32-23(4,5)6)21(29)30-15-16-10-8-7-9-11-16/h7-11,17-18H,12-15H2,1-6H3,(H,24,27)(H,25,28). The summed E-state index contributed by atoms with van der Waals surface area (Å²) in [6.45, 7) is 11.3. The van der Waals surface area contributed by atoms with Crippen LogP contribution in [0.2, 0.25) is 0 Å². The number of likely N-dealkylation sites (tertiary alicyclic amines) is 1. The van der Waals surface area contributed by atoms with Crippen LogP contribution in [0.3, 0.4) is 0 Å². The third kappa shape index (κ3) is 9.03. The van der Waals surface area contributed by atoms with Crippen LogP contribution in [0, 0.1) is 0 Å². The lowest BCUT2D eigenvalue weighted by Gasteiger charge is -2.38. The zero-order valence-corrected chi connectivity index (χ0v) is 19.8. The smallest absolute Gasteiger partial charge is 0.410 e. The van der Waals surface area contributed by atoms with Crippen molar-refractivity contribution in [2.45, 2.75) is 77.9 Å². The zero-order chi connectivity index (χ0) is 23.9. The van der Waals surface area contributed by atoms with Gasteiger partial charge in [-0.05, 0) is 53.5 Å². The van der Waals surface area contributed by atoms with Crippen molar-refractivity contribution in [3.8, 4) is 0 Å². The molecule has 2 N–H and O–H groups in total.